The van der Waals surface area contributed by atoms with Crippen LogP contribution in [0.4, 0.5) is 0 Å². The molecule has 0 radical (unpaired) electrons. The molecule has 0 fully saturated rings. The van der Waals surface area contributed by atoms with E-state index in [0.717, 1.165) is 16.9 Å². The van der Waals surface area contributed by atoms with Crippen molar-refractivity contribution in [2.45, 2.75) is 26.6 Å². The van der Waals surface area contributed by atoms with Gasteiger partial charge in [-0.1, -0.05) is 0 Å². The van der Waals surface area contributed by atoms with Gasteiger partial charge < -0.3 is 14.3 Å². The molecule has 2 heterocycles. The van der Waals surface area contributed by atoms with Gasteiger partial charge in [0, 0.05) is 11.1 Å². The van der Waals surface area contributed by atoms with Gasteiger partial charge in [0.25, 0.3) is 0 Å². The van der Waals surface area contributed by atoms with Crippen LogP contribution in [0.1, 0.15) is 22.6 Å². The fraction of sp³-hybridized carbons (Fsp3) is 0.444. The molecule has 0 unspecified atom stereocenters. The molecule has 2 rings (SSSR count). The summed E-state index contributed by atoms with van der Waals surface area (Å²) >= 11 is 0. The number of ether oxygens (including phenoxy) is 1. The molecular weight excluding hydrogens is 172 g/mol. The second-order valence-corrected chi connectivity index (χ2v) is 3.10. The molecule has 70 valence electrons. The van der Waals surface area contributed by atoms with Gasteiger partial charge in [0.1, 0.15) is 18.1 Å². The minimum atomic E-state index is -0.835. The molecule has 1 aromatic rings. The third kappa shape index (κ3) is 1.33. The summed E-state index contributed by atoms with van der Waals surface area (Å²) in [5.41, 5.74) is 1.71. The topological polar surface area (TPSA) is 59.7 Å². The standard InChI is InChI=1S/C9H10O4/c1-5-6(2-9(10)11)7-3-12-4-8(7)13-5/h2-4H2,1H3,(H,10,11). The van der Waals surface area contributed by atoms with Crippen molar-refractivity contribution >= 4 is 5.97 Å². The predicted molar refractivity (Wildman–Crippen MR) is 43.3 cm³/mol. The summed E-state index contributed by atoms with van der Waals surface area (Å²) in [5.74, 6) is 0.656. The summed E-state index contributed by atoms with van der Waals surface area (Å²) in [6.07, 6.45) is 0.0219. The van der Waals surface area contributed by atoms with Crippen LogP contribution >= 0.6 is 0 Å². The molecule has 0 aliphatic carbocycles. The first-order chi connectivity index (χ1) is 6.18. The molecule has 0 aromatic carbocycles. The Hall–Kier alpha value is -1.29. The van der Waals surface area contributed by atoms with Crippen molar-refractivity contribution in [1.29, 1.82) is 0 Å². The molecule has 0 bridgehead atoms. The van der Waals surface area contributed by atoms with Gasteiger partial charge in [0.15, 0.2) is 0 Å². The molecule has 1 aliphatic heterocycles. The van der Waals surface area contributed by atoms with Gasteiger partial charge >= 0.3 is 5.97 Å². The zero-order valence-electron chi connectivity index (χ0n) is 7.29. The predicted octanol–water partition coefficient (Wildman–Crippen LogP) is 1.25. The zero-order valence-corrected chi connectivity index (χ0v) is 7.29. The van der Waals surface area contributed by atoms with Gasteiger partial charge in [-0.15, -0.1) is 0 Å². The minimum Gasteiger partial charge on any atom is -0.481 e. The molecule has 1 aliphatic rings. The highest BCUT2D eigenvalue weighted by molar-refractivity contribution is 5.71. The van der Waals surface area contributed by atoms with E-state index in [9.17, 15) is 4.79 Å². The van der Waals surface area contributed by atoms with Crippen LogP contribution in [-0.4, -0.2) is 11.1 Å². The lowest BCUT2D eigenvalue weighted by molar-refractivity contribution is -0.136. The van der Waals surface area contributed by atoms with E-state index < -0.39 is 5.97 Å². The fourth-order valence-corrected chi connectivity index (χ4v) is 1.60. The van der Waals surface area contributed by atoms with Crippen LogP contribution in [0.5, 0.6) is 0 Å². The lowest BCUT2D eigenvalue weighted by Crippen LogP contribution is -2.02. The molecule has 13 heavy (non-hydrogen) atoms. The first-order valence-corrected chi connectivity index (χ1v) is 4.08. The number of carboxylic acid groups (broad SMARTS) is 1. The van der Waals surface area contributed by atoms with Crippen LogP contribution in [0.25, 0.3) is 0 Å². The maximum atomic E-state index is 10.5. The smallest absolute Gasteiger partial charge is 0.307 e. The molecule has 0 amide bonds. The third-order valence-electron chi connectivity index (χ3n) is 2.21. The Morgan fingerprint density at radius 2 is 2.31 bits per heavy atom. The van der Waals surface area contributed by atoms with Gasteiger partial charge in [0.2, 0.25) is 0 Å². The largest absolute Gasteiger partial charge is 0.481 e. The second kappa shape index (κ2) is 2.88. The zero-order chi connectivity index (χ0) is 9.42. The Kier molecular flexibility index (Phi) is 1.84. The average molecular weight is 182 g/mol. The van der Waals surface area contributed by atoms with Crippen molar-refractivity contribution in [3.8, 4) is 0 Å². The average Bonchev–Trinajstić information content (AvgIpc) is 2.55. The lowest BCUT2D eigenvalue weighted by atomic mass is 10.1. The highest BCUT2D eigenvalue weighted by Gasteiger charge is 2.23. The van der Waals surface area contributed by atoms with Gasteiger partial charge in [-0.25, -0.2) is 0 Å². The number of carboxylic acids is 1. The number of aliphatic carboxylic acids is 1. The third-order valence-corrected chi connectivity index (χ3v) is 2.21. The van der Waals surface area contributed by atoms with Crippen molar-refractivity contribution < 1.29 is 19.1 Å². The van der Waals surface area contributed by atoms with Crippen molar-refractivity contribution in [2.75, 3.05) is 0 Å². The highest BCUT2D eigenvalue weighted by Crippen LogP contribution is 2.29. The second-order valence-electron chi connectivity index (χ2n) is 3.10. The summed E-state index contributed by atoms with van der Waals surface area (Å²) in [6.45, 7) is 2.74. The normalized spacial score (nSPS) is 14.5. The molecule has 0 spiro atoms. The van der Waals surface area contributed by atoms with Crippen LogP contribution in [0, 0.1) is 6.92 Å². The molecule has 4 nitrogen and oxygen atoms in total. The Bertz CT molecular complexity index is 351. The molecule has 0 saturated carbocycles. The molecule has 0 saturated heterocycles. The number of carbonyl (C=O) groups is 1. The van der Waals surface area contributed by atoms with E-state index in [4.69, 9.17) is 14.3 Å². The Morgan fingerprint density at radius 1 is 1.54 bits per heavy atom. The van der Waals surface area contributed by atoms with Gasteiger partial charge in [-0.2, -0.15) is 0 Å². The SMILES string of the molecule is Cc1oc2c(c1CC(=O)O)COC2. The van der Waals surface area contributed by atoms with Crippen LogP contribution in [0.15, 0.2) is 4.42 Å². The number of hydrogen-bond donors (Lipinski definition) is 1. The van der Waals surface area contributed by atoms with Crippen LogP contribution in [0.2, 0.25) is 0 Å². The number of rotatable bonds is 2. The highest BCUT2D eigenvalue weighted by atomic mass is 16.5. The van der Waals surface area contributed by atoms with Crippen molar-refractivity contribution in [3.05, 3.63) is 22.6 Å². The van der Waals surface area contributed by atoms with Crippen molar-refractivity contribution in [1.82, 2.24) is 0 Å². The van der Waals surface area contributed by atoms with E-state index in [0.29, 0.717) is 19.0 Å². The summed E-state index contributed by atoms with van der Waals surface area (Å²) in [6, 6.07) is 0. The van der Waals surface area contributed by atoms with Crippen LogP contribution in [-0.2, 0) is 29.2 Å². The van der Waals surface area contributed by atoms with Gasteiger partial charge in [-0.05, 0) is 6.92 Å². The minimum absolute atomic E-state index is 0.0219. The van der Waals surface area contributed by atoms with E-state index in [1.807, 2.05) is 0 Å². The molecule has 0 atom stereocenters. The number of fused-ring (bicyclic) bond motifs is 1. The lowest BCUT2D eigenvalue weighted by Gasteiger charge is -1.96. The summed E-state index contributed by atoms with van der Waals surface area (Å²) in [5, 5.41) is 8.66. The quantitative estimate of drug-likeness (QED) is 0.747. The van der Waals surface area contributed by atoms with Crippen LogP contribution in [0.3, 0.4) is 0 Å². The summed E-state index contributed by atoms with van der Waals surface area (Å²) in [4.78, 5) is 10.5. The Labute approximate surface area is 75.1 Å². The molecule has 1 aromatic heterocycles. The van der Waals surface area contributed by atoms with Crippen molar-refractivity contribution in [2.24, 2.45) is 0 Å². The van der Waals surface area contributed by atoms with Crippen LogP contribution < -0.4 is 0 Å². The van der Waals surface area contributed by atoms with E-state index in [1.54, 1.807) is 6.92 Å². The van der Waals surface area contributed by atoms with E-state index in [-0.39, 0.29) is 6.42 Å². The van der Waals surface area contributed by atoms with Gasteiger partial charge in [0.05, 0.1) is 13.0 Å². The molecule has 4 heteroatoms. The Balaban J connectivity index is 2.38. The Morgan fingerprint density at radius 3 is 3.00 bits per heavy atom. The maximum absolute atomic E-state index is 10.5. The summed E-state index contributed by atoms with van der Waals surface area (Å²) < 4.78 is 10.5. The van der Waals surface area contributed by atoms with Gasteiger partial charge in [-0.3, -0.25) is 4.79 Å². The van der Waals surface area contributed by atoms with Crippen molar-refractivity contribution in [3.63, 3.8) is 0 Å². The number of hydrogen-bond acceptors (Lipinski definition) is 3. The van der Waals surface area contributed by atoms with E-state index >= 15 is 0 Å². The monoisotopic (exact) mass is 182 g/mol. The fourth-order valence-electron chi connectivity index (χ4n) is 1.60. The van der Waals surface area contributed by atoms with E-state index in [1.165, 1.54) is 0 Å². The molecule has 1 N–H and O–H groups in total. The van der Waals surface area contributed by atoms with E-state index in [2.05, 4.69) is 0 Å². The number of furan rings is 1. The molecular formula is C9H10O4. The summed E-state index contributed by atoms with van der Waals surface area (Å²) in [7, 11) is 0. The number of aryl methyl sites for hydroxylation is 1. The first-order valence-electron chi connectivity index (χ1n) is 4.08. The maximum Gasteiger partial charge on any atom is 0.307 e. The first kappa shape index (κ1) is 8.31.